The van der Waals surface area contributed by atoms with Crippen LogP contribution in [0.3, 0.4) is 0 Å². The average Bonchev–Trinajstić information content (AvgIpc) is 2.87. The van der Waals surface area contributed by atoms with Crippen molar-refractivity contribution in [3.05, 3.63) is 60.2 Å². The minimum Gasteiger partial charge on any atom is -0.493 e. The van der Waals surface area contributed by atoms with E-state index in [1.54, 1.807) is 31.2 Å². The monoisotopic (exact) mass is 538 g/mol. The van der Waals surface area contributed by atoms with Crippen LogP contribution in [0.4, 0.5) is 18.0 Å². The van der Waals surface area contributed by atoms with Crippen LogP contribution in [0, 0.1) is 0 Å². The van der Waals surface area contributed by atoms with Gasteiger partial charge >= 0.3 is 18.2 Å². The van der Waals surface area contributed by atoms with Crippen LogP contribution in [0.1, 0.15) is 18.1 Å². The van der Waals surface area contributed by atoms with E-state index in [0.717, 1.165) is 34.7 Å². The van der Waals surface area contributed by atoms with Gasteiger partial charge in [-0.25, -0.2) is 9.59 Å². The molecule has 1 fully saturated rings. The van der Waals surface area contributed by atoms with E-state index in [-0.39, 0.29) is 35.7 Å². The van der Waals surface area contributed by atoms with Gasteiger partial charge in [-0.3, -0.25) is 4.79 Å². The average molecular weight is 539 g/mol. The van der Waals surface area contributed by atoms with Gasteiger partial charge in [-0.15, -0.1) is 0 Å². The van der Waals surface area contributed by atoms with Crippen LogP contribution in [-0.4, -0.2) is 72.3 Å². The highest BCUT2D eigenvalue weighted by Crippen LogP contribution is 2.43. The number of ether oxygens (including phenoxy) is 2. The van der Waals surface area contributed by atoms with Crippen LogP contribution in [0.2, 0.25) is 0 Å². The zero-order valence-electron chi connectivity index (χ0n) is 20.1. The van der Waals surface area contributed by atoms with E-state index in [0.29, 0.717) is 17.3 Å². The first-order chi connectivity index (χ1) is 17.5. The highest BCUT2D eigenvalue weighted by Gasteiger charge is 2.39. The number of halogens is 3. The van der Waals surface area contributed by atoms with Crippen molar-refractivity contribution >= 4 is 35.3 Å². The quantitative estimate of drug-likeness (QED) is 0.514. The van der Waals surface area contributed by atoms with Crippen molar-refractivity contribution in [2.75, 3.05) is 33.4 Å². The zero-order chi connectivity index (χ0) is 27.3. The molecule has 37 heavy (non-hydrogen) atoms. The number of hydrogen-bond acceptors (Lipinski definition) is 6. The summed E-state index contributed by atoms with van der Waals surface area (Å²) in [5.41, 5.74) is -1.37. The first kappa shape index (κ1) is 27.9. The van der Waals surface area contributed by atoms with Gasteiger partial charge in [-0.2, -0.15) is 13.2 Å². The topological polar surface area (TPSA) is 96.4 Å². The lowest BCUT2D eigenvalue weighted by Crippen LogP contribution is -2.59. The molecule has 12 heteroatoms. The fraction of sp³-hybridized carbons (Fsp3) is 0.320. The van der Waals surface area contributed by atoms with Crippen molar-refractivity contribution in [2.45, 2.75) is 28.9 Å². The van der Waals surface area contributed by atoms with E-state index in [1.165, 1.54) is 12.1 Å². The summed E-state index contributed by atoms with van der Waals surface area (Å²) in [5, 5.41) is 9.61. The fourth-order valence-corrected chi connectivity index (χ4v) is 4.82. The van der Waals surface area contributed by atoms with Gasteiger partial charge < -0.3 is 24.4 Å². The van der Waals surface area contributed by atoms with Crippen molar-refractivity contribution in [3.8, 4) is 5.75 Å². The Hall–Kier alpha value is -3.67. The Labute approximate surface area is 215 Å². The lowest BCUT2D eigenvalue weighted by molar-refractivity contribution is -0.150. The Morgan fingerprint density at radius 2 is 1.84 bits per heavy atom. The molecule has 2 aromatic rings. The third kappa shape index (κ3) is 6.37. The second-order valence-electron chi connectivity index (χ2n) is 7.94. The largest absolute Gasteiger partial charge is 0.493 e. The molecular weight excluding hydrogens is 513 g/mol. The molecule has 3 rings (SSSR count). The predicted molar refractivity (Wildman–Crippen MR) is 129 cm³/mol. The second kappa shape index (κ2) is 11.6. The minimum absolute atomic E-state index is 0.00189. The normalized spacial score (nSPS) is 15.8. The van der Waals surface area contributed by atoms with E-state index in [1.807, 2.05) is 0 Å². The van der Waals surface area contributed by atoms with Gasteiger partial charge in [-0.1, -0.05) is 36.5 Å². The lowest BCUT2D eigenvalue weighted by atomic mass is 10.0. The summed E-state index contributed by atoms with van der Waals surface area (Å²) in [6.45, 7) is 5.28. The Balaban J connectivity index is 1.90. The summed E-state index contributed by atoms with van der Waals surface area (Å²) in [6, 6.07) is 8.70. The highest BCUT2D eigenvalue weighted by atomic mass is 32.2. The molecule has 0 bridgehead atoms. The van der Waals surface area contributed by atoms with Crippen molar-refractivity contribution < 1.29 is 42.1 Å². The van der Waals surface area contributed by atoms with Crippen LogP contribution >= 0.6 is 11.8 Å². The molecule has 1 heterocycles. The summed E-state index contributed by atoms with van der Waals surface area (Å²) in [6.07, 6.45) is -5.48. The maximum absolute atomic E-state index is 14.0. The van der Waals surface area contributed by atoms with Crippen LogP contribution in [0.5, 0.6) is 5.75 Å². The summed E-state index contributed by atoms with van der Waals surface area (Å²) >= 11 is 0.877. The maximum atomic E-state index is 14.0. The van der Waals surface area contributed by atoms with Gasteiger partial charge in [0.1, 0.15) is 11.8 Å². The molecule has 1 aliphatic heterocycles. The summed E-state index contributed by atoms with van der Waals surface area (Å²) < 4.78 is 52.2. The van der Waals surface area contributed by atoms with Gasteiger partial charge in [0.2, 0.25) is 0 Å². The van der Waals surface area contributed by atoms with Gasteiger partial charge in [0.25, 0.3) is 5.91 Å². The molecule has 1 unspecified atom stereocenters. The molecule has 2 aromatic carbocycles. The third-order valence-electron chi connectivity index (χ3n) is 5.62. The molecule has 0 aliphatic carbocycles. The number of para-hydroxylation sites is 1. The van der Waals surface area contributed by atoms with E-state index >= 15 is 0 Å². The van der Waals surface area contributed by atoms with Crippen LogP contribution < -0.4 is 4.74 Å². The SMILES string of the molecule is C=C(C(=O)N1CCN(C(=O)OC)CC1C(=O)O)c1ccc(Sc2ccccc2OCC)c(C(F)(F)F)c1. The molecule has 0 saturated carbocycles. The smallest absolute Gasteiger partial charge is 0.417 e. The highest BCUT2D eigenvalue weighted by molar-refractivity contribution is 7.99. The van der Waals surface area contributed by atoms with Gasteiger partial charge in [0, 0.05) is 23.6 Å². The predicted octanol–water partition coefficient (Wildman–Crippen LogP) is 4.63. The van der Waals surface area contributed by atoms with Crippen molar-refractivity contribution in [1.82, 2.24) is 9.80 Å². The molecule has 0 spiro atoms. The first-order valence-electron chi connectivity index (χ1n) is 11.1. The van der Waals surface area contributed by atoms with Crippen molar-refractivity contribution in [3.63, 3.8) is 0 Å². The summed E-state index contributed by atoms with van der Waals surface area (Å²) in [4.78, 5) is 39.2. The number of hydrogen-bond donors (Lipinski definition) is 1. The fourth-order valence-electron chi connectivity index (χ4n) is 3.79. The molecular formula is C25H25F3N2O6S. The number of carbonyl (C=O) groups excluding carboxylic acids is 2. The summed E-state index contributed by atoms with van der Waals surface area (Å²) in [7, 11) is 1.15. The number of carboxylic acid groups (broad SMARTS) is 1. The van der Waals surface area contributed by atoms with E-state index < -0.39 is 35.8 Å². The number of benzene rings is 2. The minimum atomic E-state index is -4.74. The molecule has 8 nitrogen and oxygen atoms in total. The molecule has 1 atom stereocenters. The molecule has 0 radical (unpaired) electrons. The van der Waals surface area contributed by atoms with Gasteiger partial charge in [-0.05, 0) is 36.8 Å². The van der Waals surface area contributed by atoms with Crippen LogP contribution in [0.15, 0.2) is 58.8 Å². The van der Waals surface area contributed by atoms with Crippen molar-refractivity contribution in [2.24, 2.45) is 0 Å². The molecule has 0 aromatic heterocycles. The van der Waals surface area contributed by atoms with E-state index in [2.05, 4.69) is 11.3 Å². The van der Waals surface area contributed by atoms with E-state index in [9.17, 15) is 32.7 Å². The Kier molecular flexibility index (Phi) is 8.74. The zero-order valence-corrected chi connectivity index (χ0v) is 20.9. The standard InChI is InChI=1S/C25H25F3N2O6S/c1-4-36-19-7-5-6-8-21(19)37-20-10-9-16(13-17(20)25(26,27)28)15(2)22(31)30-12-11-29(24(34)35-3)14-18(30)23(32)33/h5-10,13,18H,2,4,11-12,14H2,1,3H3,(H,32,33). The number of amides is 2. The Morgan fingerprint density at radius 1 is 1.14 bits per heavy atom. The number of methoxy groups -OCH3 is 1. The number of piperazine rings is 1. The number of carbonyl (C=O) groups is 3. The van der Waals surface area contributed by atoms with E-state index in [4.69, 9.17) is 4.74 Å². The first-order valence-corrected chi connectivity index (χ1v) is 12.0. The molecule has 1 aliphatic rings. The lowest BCUT2D eigenvalue weighted by Gasteiger charge is -2.38. The Morgan fingerprint density at radius 3 is 2.46 bits per heavy atom. The van der Waals surface area contributed by atoms with Gasteiger partial charge in [0.15, 0.2) is 0 Å². The summed E-state index contributed by atoms with van der Waals surface area (Å²) in [5.74, 6) is -1.77. The number of aliphatic carboxylic acids is 1. The Bertz CT molecular complexity index is 1200. The second-order valence-corrected chi connectivity index (χ2v) is 9.02. The molecule has 1 N–H and O–H groups in total. The number of alkyl halides is 3. The number of nitrogens with zero attached hydrogens (tertiary/aromatic N) is 2. The number of carboxylic acids is 1. The van der Waals surface area contributed by atoms with Gasteiger partial charge in [0.05, 0.1) is 30.7 Å². The maximum Gasteiger partial charge on any atom is 0.417 e. The number of rotatable bonds is 7. The molecule has 2 amide bonds. The van der Waals surface area contributed by atoms with Crippen molar-refractivity contribution in [1.29, 1.82) is 0 Å². The van der Waals surface area contributed by atoms with Crippen LogP contribution in [0.25, 0.3) is 5.57 Å². The molecule has 198 valence electrons. The molecule has 1 saturated heterocycles. The third-order valence-corrected chi connectivity index (χ3v) is 6.75. The van der Waals surface area contributed by atoms with Crippen LogP contribution in [-0.2, 0) is 20.5 Å².